The van der Waals surface area contributed by atoms with E-state index < -0.39 is 0 Å². The van der Waals surface area contributed by atoms with Gasteiger partial charge < -0.3 is 0 Å². The lowest BCUT2D eigenvalue weighted by molar-refractivity contribution is -0.0956. The molecule has 1 aliphatic heterocycles. The summed E-state index contributed by atoms with van der Waals surface area (Å²) in [6, 6.07) is 1.78. The molecule has 11 heavy (non-hydrogen) atoms. The van der Waals surface area contributed by atoms with E-state index in [-0.39, 0.29) is 0 Å². The molecular weight excluding hydrogens is 134 g/mol. The van der Waals surface area contributed by atoms with E-state index in [4.69, 9.17) is 0 Å². The van der Waals surface area contributed by atoms with Gasteiger partial charge in [0, 0.05) is 17.5 Å². The first-order chi connectivity index (χ1) is 5.22. The number of hydrogen-bond acceptors (Lipinski definition) is 1. The molecule has 64 valence electrons. The van der Waals surface area contributed by atoms with Crippen LogP contribution in [0.25, 0.3) is 0 Å². The van der Waals surface area contributed by atoms with Crippen molar-refractivity contribution in [3.63, 3.8) is 0 Å². The van der Waals surface area contributed by atoms with Gasteiger partial charge in [-0.1, -0.05) is 13.3 Å². The molecule has 2 aliphatic rings. The van der Waals surface area contributed by atoms with Crippen LogP contribution >= 0.6 is 0 Å². The predicted molar refractivity (Wildman–Crippen MR) is 47.6 cm³/mol. The lowest BCUT2D eigenvalue weighted by Crippen LogP contribution is -2.65. The van der Waals surface area contributed by atoms with Crippen LogP contribution in [0.5, 0.6) is 0 Å². The molecule has 3 unspecified atom stereocenters. The molecule has 1 saturated carbocycles. The van der Waals surface area contributed by atoms with Gasteiger partial charge in [-0.05, 0) is 33.2 Å². The van der Waals surface area contributed by atoms with Crippen LogP contribution in [0.15, 0.2) is 0 Å². The molecule has 0 amide bonds. The highest BCUT2D eigenvalue weighted by atomic mass is 15.3. The lowest BCUT2D eigenvalue weighted by Gasteiger charge is -2.59. The average molecular weight is 153 g/mol. The third-order valence-corrected chi connectivity index (χ3v) is 4.38. The van der Waals surface area contributed by atoms with Crippen LogP contribution in [0.2, 0.25) is 0 Å². The van der Waals surface area contributed by atoms with E-state index in [1.54, 1.807) is 0 Å². The molecule has 3 atom stereocenters. The number of hydrogen-bond donors (Lipinski definition) is 0. The van der Waals surface area contributed by atoms with Gasteiger partial charge in [0.15, 0.2) is 0 Å². The SMILES string of the molecule is CCC12CCCC1N(C)C2C. The summed E-state index contributed by atoms with van der Waals surface area (Å²) in [6.45, 7) is 4.76. The maximum atomic E-state index is 2.57. The summed E-state index contributed by atoms with van der Waals surface area (Å²) in [7, 11) is 2.29. The summed E-state index contributed by atoms with van der Waals surface area (Å²) < 4.78 is 0. The molecule has 0 aromatic rings. The van der Waals surface area contributed by atoms with E-state index in [2.05, 4.69) is 25.8 Å². The van der Waals surface area contributed by atoms with Crippen molar-refractivity contribution < 1.29 is 0 Å². The van der Waals surface area contributed by atoms with Crippen molar-refractivity contribution >= 4 is 0 Å². The summed E-state index contributed by atoms with van der Waals surface area (Å²) in [5, 5.41) is 0. The zero-order valence-electron chi connectivity index (χ0n) is 7.93. The first-order valence-corrected chi connectivity index (χ1v) is 4.94. The van der Waals surface area contributed by atoms with Crippen molar-refractivity contribution in [3.8, 4) is 0 Å². The quantitative estimate of drug-likeness (QED) is 0.558. The standard InChI is InChI=1S/C10H19N/c1-4-10-7-5-6-9(10)11(3)8(10)2/h8-9H,4-7H2,1-3H3. The minimum atomic E-state index is 0.731. The third-order valence-electron chi connectivity index (χ3n) is 4.38. The Bertz CT molecular complexity index is 166. The number of likely N-dealkylation sites (tertiary alicyclic amines) is 1. The van der Waals surface area contributed by atoms with Crippen LogP contribution in [-0.2, 0) is 0 Å². The van der Waals surface area contributed by atoms with Gasteiger partial charge in [0.1, 0.15) is 0 Å². The van der Waals surface area contributed by atoms with Crippen molar-refractivity contribution in [2.45, 2.75) is 51.6 Å². The summed E-state index contributed by atoms with van der Waals surface area (Å²) in [4.78, 5) is 2.57. The van der Waals surface area contributed by atoms with E-state index in [9.17, 15) is 0 Å². The van der Waals surface area contributed by atoms with Crippen molar-refractivity contribution in [2.75, 3.05) is 7.05 Å². The fourth-order valence-corrected chi connectivity index (χ4v) is 3.48. The van der Waals surface area contributed by atoms with Gasteiger partial charge in [0.2, 0.25) is 0 Å². The second-order valence-electron chi connectivity index (χ2n) is 4.34. The van der Waals surface area contributed by atoms with Crippen molar-refractivity contribution in [1.29, 1.82) is 0 Å². The normalized spacial score (nSPS) is 50.5. The number of rotatable bonds is 1. The first-order valence-electron chi connectivity index (χ1n) is 4.94. The average Bonchev–Trinajstić information content (AvgIpc) is 2.43. The largest absolute Gasteiger partial charge is 0.300 e. The zero-order chi connectivity index (χ0) is 8.06. The van der Waals surface area contributed by atoms with E-state index >= 15 is 0 Å². The highest BCUT2D eigenvalue weighted by Crippen LogP contribution is 2.55. The Morgan fingerprint density at radius 1 is 1.55 bits per heavy atom. The van der Waals surface area contributed by atoms with Crippen LogP contribution in [0, 0.1) is 5.41 Å². The van der Waals surface area contributed by atoms with Gasteiger partial charge in [0.05, 0.1) is 0 Å². The van der Waals surface area contributed by atoms with Gasteiger partial charge >= 0.3 is 0 Å². The summed E-state index contributed by atoms with van der Waals surface area (Å²) >= 11 is 0. The summed E-state index contributed by atoms with van der Waals surface area (Å²) in [5.74, 6) is 0. The van der Waals surface area contributed by atoms with Crippen molar-refractivity contribution in [1.82, 2.24) is 4.90 Å². The fraction of sp³-hybridized carbons (Fsp3) is 1.00. The molecule has 0 bridgehead atoms. The Kier molecular flexibility index (Phi) is 1.54. The fourth-order valence-electron chi connectivity index (χ4n) is 3.48. The van der Waals surface area contributed by atoms with Gasteiger partial charge in [-0.15, -0.1) is 0 Å². The molecule has 1 saturated heterocycles. The second kappa shape index (κ2) is 2.22. The minimum Gasteiger partial charge on any atom is -0.300 e. The second-order valence-corrected chi connectivity index (χ2v) is 4.34. The summed E-state index contributed by atoms with van der Waals surface area (Å²) in [6.07, 6.45) is 5.80. The van der Waals surface area contributed by atoms with E-state index in [0.29, 0.717) is 0 Å². The number of nitrogens with zero attached hydrogens (tertiary/aromatic N) is 1. The van der Waals surface area contributed by atoms with Crippen LogP contribution in [0.4, 0.5) is 0 Å². The lowest BCUT2D eigenvalue weighted by atomic mass is 9.66. The molecular formula is C10H19N. The van der Waals surface area contributed by atoms with Crippen molar-refractivity contribution in [2.24, 2.45) is 5.41 Å². The molecule has 1 aliphatic carbocycles. The maximum Gasteiger partial charge on any atom is 0.0166 e. The molecule has 1 heteroatoms. The molecule has 1 heterocycles. The molecule has 0 N–H and O–H groups in total. The topological polar surface area (TPSA) is 3.24 Å². The van der Waals surface area contributed by atoms with E-state index in [0.717, 1.165) is 17.5 Å². The van der Waals surface area contributed by atoms with Crippen LogP contribution < -0.4 is 0 Å². The van der Waals surface area contributed by atoms with Gasteiger partial charge in [-0.25, -0.2) is 0 Å². The molecule has 0 aromatic heterocycles. The van der Waals surface area contributed by atoms with E-state index in [1.807, 2.05) is 0 Å². The highest BCUT2D eigenvalue weighted by Gasteiger charge is 2.57. The van der Waals surface area contributed by atoms with Gasteiger partial charge in [-0.2, -0.15) is 0 Å². The Hall–Kier alpha value is -0.0400. The highest BCUT2D eigenvalue weighted by molar-refractivity contribution is 5.11. The first kappa shape index (κ1) is 7.60. The van der Waals surface area contributed by atoms with E-state index in [1.165, 1.54) is 25.7 Å². The molecule has 2 rings (SSSR count). The zero-order valence-corrected chi connectivity index (χ0v) is 7.93. The maximum absolute atomic E-state index is 2.57. The predicted octanol–water partition coefficient (Wildman–Crippen LogP) is 2.27. The Morgan fingerprint density at radius 2 is 2.27 bits per heavy atom. The number of fused-ring (bicyclic) bond motifs is 1. The minimum absolute atomic E-state index is 0.731. The Morgan fingerprint density at radius 3 is 2.82 bits per heavy atom. The third kappa shape index (κ3) is 0.703. The molecule has 0 aromatic carbocycles. The van der Waals surface area contributed by atoms with Crippen LogP contribution in [0.3, 0.4) is 0 Å². The molecule has 1 nitrogen and oxygen atoms in total. The van der Waals surface area contributed by atoms with Gasteiger partial charge in [-0.3, -0.25) is 4.90 Å². The smallest absolute Gasteiger partial charge is 0.0166 e. The Labute approximate surface area is 69.8 Å². The molecule has 2 fully saturated rings. The molecule has 0 spiro atoms. The Balaban J connectivity index is 2.19. The molecule has 0 radical (unpaired) electrons. The summed E-state index contributed by atoms with van der Waals surface area (Å²) in [5.41, 5.74) is 0.731. The van der Waals surface area contributed by atoms with Crippen LogP contribution in [-0.4, -0.2) is 24.0 Å². The van der Waals surface area contributed by atoms with Crippen LogP contribution in [0.1, 0.15) is 39.5 Å². The van der Waals surface area contributed by atoms with Gasteiger partial charge in [0.25, 0.3) is 0 Å². The monoisotopic (exact) mass is 153 g/mol. The van der Waals surface area contributed by atoms with Crippen molar-refractivity contribution in [3.05, 3.63) is 0 Å².